The smallest absolute Gasteiger partial charge is 0.148 e. The van der Waals surface area contributed by atoms with Crippen molar-refractivity contribution in [3.05, 3.63) is 49.1 Å². The van der Waals surface area contributed by atoms with Crippen LogP contribution in [0.2, 0.25) is 0 Å². The Balaban J connectivity index is 2.44. The molecule has 0 atom stereocenters. The first-order valence-corrected chi connectivity index (χ1v) is 5.68. The lowest BCUT2D eigenvalue weighted by Gasteiger charge is -2.10. The van der Waals surface area contributed by atoms with Gasteiger partial charge in [0.1, 0.15) is 24.7 Å². The van der Waals surface area contributed by atoms with Crippen molar-refractivity contribution in [1.29, 1.82) is 0 Å². The Hall–Kier alpha value is -2.40. The Labute approximate surface area is 107 Å². The summed E-state index contributed by atoms with van der Waals surface area (Å²) in [4.78, 5) is 0. The normalized spacial score (nSPS) is 9.72. The van der Waals surface area contributed by atoms with Crippen LogP contribution in [0.3, 0.4) is 0 Å². The molecule has 0 N–H and O–H groups in total. The molecule has 2 nitrogen and oxygen atoms in total. The Morgan fingerprint density at radius 1 is 1.06 bits per heavy atom. The molecular formula is C16H14O2. The van der Waals surface area contributed by atoms with Crippen molar-refractivity contribution in [2.45, 2.75) is 0 Å². The fraction of sp³-hybridized carbons (Fsp3) is 0.125. The summed E-state index contributed by atoms with van der Waals surface area (Å²) in [5.41, 5.74) is 0. The van der Waals surface area contributed by atoms with Crippen molar-refractivity contribution < 1.29 is 9.47 Å². The third-order valence-corrected chi connectivity index (χ3v) is 2.51. The first-order chi connectivity index (χ1) is 8.86. The number of terminal acetylenes is 1. The Bertz CT molecular complexity index is 594. The highest BCUT2D eigenvalue weighted by atomic mass is 16.5. The van der Waals surface area contributed by atoms with Gasteiger partial charge in [0.2, 0.25) is 0 Å². The highest BCUT2D eigenvalue weighted by Gasteiger charge is 2.05. The van der Waals surface area contributed by atoms with Gasteiger partial charge >= 0.3 is 0 Å². The highest BCUT2D eigenvalue weighted by molar-refractivity contribution is 5.93. The van der Waals surface area contributed by atoms with Gasteiger partial charge in [-0.3, -0.25) is 0 Å². The maximum atomic E-state index is 5.61. The molecule has 18 heavy (non-hydrogen) atoms. The molecule has 2 rings (SSSR count). The van der Waals surface area contributed by atoms with Crippen LogP contribution in [0.5, 0.6) is 11.5 Å². The number of benzene rings is 2. The molecule has 0 aliphatic carbocycles. The van der Waals surface area contributed by atoms with E-state index in [-0.39, 0.29) is 6.61 Å². The average Bonchev–Trinajstić information content (AvgIpc) is 2.42. The zero-order valence-electron chi connectivity index (χ0n) is 10.1. The number of hydrogen-bond acceptors (Lipinski definition) is 2. The van der Waals surface area contributed by atoms with E-state index in [0.717, 1.165) is 22.3 Å². The number of fused-ring (bicyclic) bond motifs is 1. The molecule has 0 unspecified atom stereocenters. The molecule has 0 aliphatic rings. The minimum Gasteiger partial charge on any atom is -0.489 e. The lowest BCUT2D eigenvalue weighted by atomic mass is 10.1. The maximum absolute atomic E-state index is 5.61. The van der Waals surface area contributed by atoms with Crippen molar-refractivity contribution in [3.63, 3.8) is 0 Å². The van der Waals surface area contributed by atoms with E-state index in [1.54, 1.807) is 6.08 Å². The van der Waals surface area contributed by atoms with Crippen LogP contribution in [0.15, 0.2) is 49.1 Å². The maximum Gasteiger partial charge on any atom is 0.148 e. The van der Waals surface area contributed by atoms with Crippen molar-refractivity contribution in [2.24, 2.45) is 0 Å². The molecule has 0 aliphatic heterocycles. The molecule has 0 radical (unpaired) electrons. The van der Waals surface area contributed by atoms with E-state index in [1.807, 2.05) is 36.4 Å². The molecule has 2 aromatic carbocycles. The summed E-state index contributed by atoms with van der Waals surface area (Å²) in [5.74, 6) is 4.05. The molecule has 0 saturated heterocycles. The molecule has 0 heterocycles. The first kappa shape index (κ1) is 12.1. The van der Waals surface area contributed by atoms with Gasteiger partial charge in [-0.05, 0) is 12.1 Å². The minimum absolute atomic E-state index is 0.261. The minimum atomic E-state index is 0.261. The van der Waals surface area contributed by atoms with Gasteiger partial charge in [-0.15, -0.1) is 6.42 Å². The van der Waals surface area contributed by atoms with E-state index in [4.69, 9.17) is 15.9 Å². The van der Waals surface area contributed by atoms with Crippen molar-refractivity contribution in [1.82, 2.24) is 0 Å². The van der Waals surface area contributed by atoms with Crippen LogP contribution in [0.1, 0.15) is 0 Å². The molecule has 0 saturated carbocycles. The lowest BCUT2D eigenvalue weighted by molar-refractivity contribution is 0.366. The third kappa shape index (κ3) is 2.46. The molecule has 90 valence electrons. The van der Waals surface area contributed by atoms with E-state index >= 15 is 0 Å². The standard InChI is InChI=1S/C16H14O2/c1-3-11-17-15-9-5-8-14-13(15)7-6-10-16(14)18-12-4-2/h1,4-10H,2,11-12H2. The van der Waals surface area contributed by atoms with Gasteiger partial charge in [0, 0.05) is 10.8 Å². The van der Waals surface area contributed by atoms with Crippen LogP contribution in [0.25, 0.3) is 10.8 Å². The fourth-order valence-corrected chi connectivity index (χ4v) is 1.77. The summed E-state index contributed by atoms with van der Waals surface area (Å²) in [6.45, 7) is 4.38. The molecule has 0 spiro atoms. The van der Waals surface area contributed by atoms with Crippen molar-refractivity contribution >= 4 is 10.8 Å². The van der Waals surface area contributed by atoms with E-state index in [1.165, 1.54) is 0 Å². The van der Waals surface area contributed by atoms with E-state index in [2.05, 4.69) is 12.5 Å². The van der Waals surface area contributed by atoms with Gasteiger partial charge in [-0.2, -0.15) is 0 Å². The second-order valence-electron chi connectivity index (χ2n) is 3.70. The summed E-state index contributed by atoms with van der Waals surface area (Å²) >= 11 is 0. The van der Waals surface area contributed by atoms with Crippen LogP contribution < -0.4 is 9.47 Å². The van der Waals surface area contributed by atoms with Crippen LogP contribution in [0, 0.1) is 12.3 Å². The second-order valence-corrected chi connectivity index (χ2v) is 3.70. The average molecular weight is 238 g/mol. The molecule has 0 bridgehead atoms. The SMILES string of the molecule is C#CCOc1cccc2c(OCC=C)cccc12. The summed E-state index contributed by atoms with van der Waals surface area (Å²) in [5, 5.41) is 2.00. The van der Waals surface area contributed by atoms with Gasteiger partial charge < -0.3 is 9.47 Å². The van der Waals surface area contributed by atoms with E-state index < -0.39 is 0 Å². The van der Waals surface area contributed by atoms with Gasteiger partial charge in [-0.25, -0.2) is 0 Å². The second kappa shape index (κ2) is 5.79. The van der Waals surface area contributed by atoms with E-state index in [9.17, 15) is 0 Å². The predicted molar refractivity (Wildman–Crippen MR) is 74.0 cm³/mol. The van der Waals surface area contributed by atoms with Gasteiger partial charge in [0.25, 0.3) is 0 Å². The topological polar surface area (TPSA) is 18.5 Å². The summed E-state index contributed by atoms with van der Waals surface area (Å²) in [7, 11) is 0. The molecular weight excluding hydrogens is 224 g/mol. The molecule has 2 aromatic rings. The number of hydrogen-bond donors (Lipinski definition) is 0. The monoisotopic (exact) mass is 238 g/mol. The van der Waals surface area contributed by atoms with E-state index in [0.29, 0.717) is 6.61 Å². The largest absolute Gasteiger partial charge is 0.489 e. The zero-order valence-corrected chi connectivity index (χ0v) is 10.1. The summed E-state index contributed by atoms with van der Waals surface area (Å²) < 4.78 is 11.1. The summed E-state index contributed by atoms with van der Waals surface area (Å²) in [6, 6.07) is 11.7. The summed E-state index contributed by atoms with van der Waals surface area (Å²) in [6.07, 6.45) is 6.93. The van der Waals surface area contributed by atoms with Gasteiger partial charge in [0.05, 0.1) is 0 Å². The number of ether oxygens (including phenoxy) is 2. The zero-order chi connectivity index (χ0) is 12.8. The molecule has 0 aromatic heterocycles. The third-order valence-electron chi connectivity index (χ3n) is 2.51. The Morgan fingerprint density at radius 2 is 1.67 bits per heavy atom. The van der Waals surface area contributed by atoms with Gasteiger partial charge in [0.15, 0.2) is 0 Å². The quantitative estimate of drug-likeness (QED) is 0.587. The molecule has 0 amide bonds. The van der Waals surface area contributed by atoms with Crippen molar-refractivity contribution in [3.8, 4) is 23.8 Å². The molecule has 2 heteroatoms. The van der Waals surface area contributed by atoms with Crippen LogP contribution >= 0.6 is 0 Å². The molecule has 0 fully saturated rings. The first-order valence-electron chi connectivity index (χ1n) is 5.68. The van der Waals surface area contributed by atoms with Crippen LogP contribution in [0.4, 0.5) is 0 Å². The lowest BCUT2D eigenvalue weighted by Crippen LogP contribution is -1.96. The highest BCUT2D eigenvalue weighted by Crippen LogP contribution is 2.32. The Kier molecular flexibility index (Phi) is 3.88. The van der Waals surface area contributed by atoms with Crippen LogP contribution in [-0.2, 0) is 0 Å². The number of rotatable bonds is 5. The van der Waals surface area contributed by atoms with Gasteiger partial charge in [-0.1, -0.05) is 42.8 Å². The predicted octanol–water partition coefficient (Wildman–Crippen LogP) is 3.42. The van der Waals surface area contributed by atoms with Crippen molar-refractivity contribution in [2.75, 3.05) is 13.2 Å². The van der Waals surface area contributed by atoms with Crippen LogP contribution in [-0.4, -0.2) is 13.2 Å². The fourth-order valence-electron chi connectivity index (χ4n) is 1.77. The Morgan fingerprint density at radius 3 is 2.22 bits per heavy atom.